The molecule has 0 radical (unpaired) electrons. The summed E-state index contributed by atoms with van der Waals surface area (Å²) < 4.78 is 2.23. The highest BCUT2D eigenvalue weighted by Gasteiger charge is 2.54. The minimum atomic E-state index is -1.16. The molecule has 198 valence electrons. The zero-order chi connectivity index (χ0) is 26.8. The van der Waals surface area contributed by atoms with Gasteiger partial charge in [-0.05, 0) is 37.0 Å². The van der Waals surface area contributed by atoms with Crippen LogP contribution in [-0.2, 0) is 38.6 Å². The van der Waals surface area contributed by atoms with Gasteiger partial charge in [-0.2, -0.15) is 4.57 Å². The fraction of sp³-hybridized carbons (Fsp3) is 0.360. The van der Waals surface area contributed by atoms with E-state index >= 15 is 0 Å². The number of thiazole rings is 1. The third-order valence-corrected chi connectivity index (χ3v) is 8.69. The Morgan fingerprint density at radius 1 is 1.39 bits per heavy atom. The summed E-state index contributed by atoms with van der Waals surface area (Å²) >= 11 is 2.56. The first-order chi connectivity index (χ1) is 18.4. The van der Waals surface area contributed by atoms with Crippen LogP contribution in [0.3, 0.4) is 0 Å². The molecule has 2 aromatic rings. The van der Waals surface area contributed by atoms with E-state index < -0.39 is 29.2 Å². The predicted molar refractivity (Wildman–Crippen MR) is 142 cm³/mol. The van der Waals surface area contributed by atoms with Crippen molar-refractivity contribution in [1.82, 2.24) is 15.2 Å². The van der Waals surface area contributed by atoms with Crippen molar-refractivity contribution in [2.75, 3.05) is 18.6 Å². The largest absolute Gasteiger partial charge is 0.477 e. The fourth-order valence-corrected chi connectivity index (χ4v) is 6.85. The minimum Gasteiger partial charge on any atom is -0.477 e. The second-order valence-corrected chi connectivity index (χ2v) is 11.0. The number of allylic oxidation sites excluding steroid dienone is 2. The summed E-state index contributed by atoms with van der Waals surface area (Å²) in [4.78, 5) is 48.1. The molecule has 0 aromatic carbocycles. The van der Waals surface area contributed by atoms with Crippen molar-refractivity contribution in [3.8, 4) is 0 Å². The summed E-state index contributed by atoms with van der Waals surface area (Å²) in [6, 6.07) is 3.33. The number of aliphatic carboxylic acids is 1. The molecule has 3 aliphatic rings. The molecule has 1 aliphatic carbocycles. The van der Waals surface area contributed by atoms with Crippen LogP contribution in [0.4, 0.5) is 5.13 Å². The third-order valence-electron chi connectivity index (χ3n) is 6.67. The average molecular weight is 556 g/mol. The quantitative estimate of drug-likeness (QED) is 0.137. The van der Waals surface area contributed by atoms with Crippen LogP contribution >= 0.6 is 23.1 Å². The van der Waals surface area contributed by atoms with E-state index in [2.05, 4.69) is 38.4 Å². The molecule has 2 aliphatic heterocycles. The van der Waals surface area contributed by atoms with Crippen molar-refractivity contribution in [2.45, 2.75) is 43.6 Å². The van der Waals surface area contributed by atoms with Gasteiger partial charge in [0.1, 0.15) is 29.9 Å². The molecule has 13 heteroatoms. The molecule has 2 aromatic heterocycles. The molecule has 1 fully saturated rings. The number of β-lactam (4-membered cyclic amide) rings is 1. The number of thioether (sulfide) groups is 1. The molecular weight excluding hydrogens is 528 g/mol. The van der Waals surface area contributed by atoms with Gasteiger partial charge >= 0.3 is 5.97 Å². The van der Waals surface area contributed by atoms with Gasteiger partial charge in [0.15, 0.2) is 29.3 Å². The van der Waals surface area contributed by atoms with Crippen LogP contribution in [0.2, 0.25) is 0 Å². The van der Waals surface area contributed by atoms with Crippen molar-refractivity contribution >= 4 is 51.7 Å². The predicted octanol–water partition coefficient (Wildman–Crippen LogP) is 1.24. The number of hydrogen-bond acceptors (Lipinski definition) is 9. The van der Waals surface area contributed by atoms with Crippen molar-refractivity contribution in [3.05, 3.63) is 64.1 Å². The molecule has 4 heterocycles. The zero-order valence-corrected chi connectivity index (χ0v) is 22.3. The Morgan fingerprint density at radius 3 is 2.97 bits per heavy atom. The number of pyridine rings is 1. The molecule has 2 atom stereocenters. The smallest absolute Gasteiger partial charge is 0.352 e. The van der Waals surface area contributed by atoms with Gasteiger partial charge in [-0.3, -0.25) is 14.5 Å². The molecule has 0 spiro atoms. The number of carboxylic acids is 1. The lowest BCUT2D eigenvalue weighted by atomic mass is 10.0. The van der Waals surface area contributed by atoms with Crippen LogP contribution in [0.15, 0.2) is 52.3 Å². The maximum atomic E-state index is 13.0. The van der Waals surface area contributed by atoms with Crippen molar-refractivity contribution in [3.63, 3.8) is 0 Å². The maximum Gasteiger partial charge on any atom is 0.352 e. The molecule has 38 heavy (non-hydrogen) atoms. The number of carboxylic acid groups (broad SMARTS) is 1. The Bertz CT molecular complexity index is 1380. The lowest BCUT2D eigenvalue weighted by molar-refractivity contribution is -0.694. The lowest BCUT2D eigenvalue weighted by Gasteiger charge is -2.49. The van der Waals surface area contributed by atoms with Crippen LogP contribution in [-0.4, -0.2) is 62.8 Å². The van der Waals surface area contributed by atoms with E-state index in [-0.39, 0.29) is 22.2 Å². The average Bonchev–Trinajstić information content (AvgIpc) is 3.56. The molecule has 0 unspecified atom stereocenters. The van der Waals surface area contributed by atoms with E-state index in [0.29, 0.717) is 24.3 Å². The molecule has 0 bridgehead atoms. The Hall–Kier alpha value is -3.71. The number of nitrogens with one attached hydrogen (secondary N) is 1. The Kier molecular flexibility index (Phi) is 7.47. The number of oxime groups is 1. The number of aromatic nitrogens is 2. The molecule has 4 N–H and O–H groups in total. The number of fused-ring (bicyclic) bond motifs is 2. The van der Waals surface area contributed by atoms with Crippen molar-refractivity contribution in [1.29, 1.82) is 0 Å². The molecule has 2 amide bonds. The van der Waals surface area contributed by atoms with Gasteiger partial charge in [-0.25, -0.2) is 9.78 Å². The monoisotopic (exact) mass is 555 g/mol. The minimum absolute atomic E-state index is 0.0137. The zero-order valence-electron chi connectivity index (χ0n) is 20.6. The van der Waals surface area contributed by atoms with Gasteiger partial charge in [0.2, 0.25) is 0 Å². The SMILES string of the molecule is CO/N=C(\C(=O)N[C@@H]1C(=O)N2C(C(=O)O)=C(C/C=C\C[n+]3cccc4c3CCC4)CS[C@H]12)c1csc(N)n1. The number of nitrogens with two attached hydrogens (primary N) is 1. The van der Waals surface area contributed by atoms with Crippen LogP contribution in [0, 0.1) is 0 Å². The number of anilines is 1. The highest BCUT2D eigenvalue weighted by Crippen LogP contribution is 2.41. The first kappa shape index (κ1) is 25.9. The van der Waals surface area contributed by atoms with Crippen LogP contribution in [0.25, 0.3) is 0 Å². The molecule has 11 nitrogen and oxygen atoms in total. The van der Waals surface area contributed by atoms with Crippen LogP contribution in [0.5, 0.6) is 0 Å². The fourth-order valence-electron chi connectivity index (χ4n) is 4.94. The summed E-state index contributed by atoms with van der Waals surface area (Å²) in [5.74, 6) is -1.87. The van der Waals surface area contributed by atoms with Crippen molar-refractivity contribution in [2.24, 2.45) is 5.16 Å². The van der Waals surface area contributed by atoms with Gasteiger partial charge in [-0.15, -0.1) is 23.1 Å². The standard InChI is InChI=1S/C25H26N6O5S2/c1-36-29-18(16-13-38-25(26)27-16)21(32)28-19-22(33)31-20(24(34)35)15(12-37-23(19)31)6-2-3-10-30-11-5-8-14-7-4-9-17(14)30/h2-3,5,8,11,13,19,23H,4,6-7,9-10,12H2,1H3,(H3-,26,27,28,32,34,35)/p+1/b3-2-,29-18-/t19-,23-/m1/s1. The number of carbonyl (C=O) groups is 3. The van der Waals surface area contributed by atoms with Crippen LogP contribution in [0.1, 0.15) is 29.8 Å². The third kappa shape index (κ3) is 4.90. The van der Waals surface area contributed by atoms with E-state index in [0.717, 1.165) is 24.2 Å². The van der Waals surface area contributed by atoms with Gasteiger partial charge in [0.05, 0.1) is 0 Å². The van der Waals surface area contributed by atoms with Crippen molar-refractivity contribution < 1.29 is 28.9 Å². The number of carbonyl (C=O) groups excluding carboxylic acids is 2. The summed E-state index contributed by atoms with van der Waals surface area (Å²) in [6.07, 6.45) is 9.83. The topological polar surface area (TPSA) is 151 Å². The summed E-state index contributed by atoms with van der Waals surface area (Å²) in [5.41, 5.74) is 9.17. The van der Waals surface area contributed by atoms with E-state index in [1.165, 1.54) is 41.4 Å². The van der Waals surface area contributed by atoms with E-state index in [1.807, 2.05) is 12.2 Å². The number of rotatable bonds is 9. The van der Waals surface area contributed by atoms with E-state index in [4.69, 9.17) is 10.6 Å². The number of hydrogen-bond donors (Lipinski definition) is 3. The Balaban J connectivity index is 1.26. The maximum absolute atomic E-state index is 13.0. The highest BCUT2D eigenvalue weighted by molar-refractivity contribution is 8.00. The number of nitrogen functional groups attached to an aromatic ring is 1. The summed E-state index contributed by atoms with van der Waals surface area (Å²) in [5, 5.41) is 17.6. The Labute approximate surface area is 227 Å². The Morgan fingerprint density at radius 2 is 2.24 bits per heavy atom. The summed E-state index contributed by atoms with van der Waals surface area (Å²) in [6.45, 7) is 0.710. The molecule has 1 saturated heterocycles. The summed E-state index contributed by atoms with van der Waals surface area (Å²) in [7, 11) is 1.29. The first-order valence-corrected chi connectivity index (χ1v) is 14.0. The van der Waals surface area contributed by atoms with Gasteiger partial charge < -0.3 is 21.0 Å². The lowest BCUT2D eigenvalue weighted by Crippen LogP contribution is -2.71. The highest BCUT2D eigenvalue weighted by atomic mass is 32.2. The second-order valence-electron chi connectivity index (χ2n) is 8.97. The van der Waals surface area contributed by atoms with E-state index in [9.17, 15) is 19.5 Å². The number of amides is 2. The first-order valence-electron chi connectivity index (χ1n) is 12.1. The molecular formula is C25H27N6O5S2+. The van der Waals surface area contributed by atoms with E-state index in [1.54, 1.807) is 5.38 Å². The number of aryl methyl sites for hydroxylation is 1. The molecule has 5 rings (SSSR count). The second kappa shape index (κ2) is 11.0. The normalized spacial score (nSPS) is 20.8. The van der Waals surface area contributed by atoms with Crippen LogP contribution < -0.4 is 15.6 Å². The number of nitrogens with zero attached hydrogens (tertiary/aromatic N) is 4. The van der Waals surface area contributed by atoms with Gasteiger partial charge in [-0.1, -0.05) is 11.2 Å². The molecule has 0 saturated carbocycles. The van der Waals surface area contributed by atoms with Gasteiger partial charge in [0.25, 0.3) is 11.8 Å². The van der Waals surface area contributed by atoms with Gasteiger partial charge in [0, 0.05) is 29.2 Å².